The molecule has 4 unspecified atom stereocenters. The summed E-state index contributed by atoms with van der Waals surface area (Å²) in [4.78, 5) is 12.1. The van der Waals surface area contributed by atoms with Crippen molar-refractivity contribution in [1.82, 2.24) is 16.2 Å². The summed E-state index contributed by atoms with van der Waals surface area (Å²) >= 11 is 9.49. The molecule has 2 saturated heterocycles. The maximum absolute atomic E-state index is 12.1. The van der Waals surface area contributed by atoms with Gasteiger partial charge in [0.25, 0.3) is 0 Å². The van der Waals surface area contributed by atoms with Crippen LogP contribution in [0.25, 0.3) is 0 Å². The number of nitrogens with one attached hydrogen (secondary N) is 3. The Labute approximate surface area is 154 Å². The minimum atomic E-state index is -0.0828. The molecule has 2 aromatic rings. The number of fused-ring (bicyclic) bond motifs is 1. The molecule has 0 radical (unpaired) electrons. The Morgan fingerprint density at radius 1 is 0.958 bits per heavy atom. The van der Waals surface area contributed by atoms with E-state index < -0.39 is 0 Å². The highest BCUT2D eigenvalue weighted by atomic mass is 79.9. The van der Waals surface area contributed by atoms with Crippen molar-refractivity contribution >= 4 is 33.4 Å². The van der Waals surface area contributed by atoms with E-state index in [2.05, 4.69) is 44.2 Å². The highest BCUT2D eigenvalue weighted by molar-refractivity contribution is 9.10. The van der Waals surface area contributed by atoms with E-state index in [0.717, 1.165) is 15.1 Å². The molecule has 0 aliphatic carbocycles. The lowest BCUT2D eigenvalue weighted by molar-refractivity contribution is -0.125. The SMILES string of the molecule is O=C1CC(c2ccc(Br)cc2)C2C(NNC2c2ccc(Cl)cc2)N1. The van der Waals surface area contributed by atoms with Crippen LogP contribution in [-0.4, -0.2) is 12.1 Å². The van der Waals surface area contributed by atoms with Crippen molar-refractivity contribution in [2.45, 2.75) is 24.5 Å². The summed E-state index contributed by atoms with van der Waals surface area (Å²) in [5.74, 6) is 0.459. The molecule has 24 heavy (non-hydrogen) atoms. The van der Waals surface area contributed by atoms with Crippen LogP contribution in [0.2, 0.25) is 5.02 Å². The quantitative estimate of drug-likeness (QED) is 0.715. The summed E-state index contributed by atoms with van der Waals surface area (Å²) < 4.78 is 1.04. The first-order valence-electron chi connectivity index (χ1n) is 7.93. The second-order valence-electron chi connectivity index (χ2n) is 6.30. The van der Waals surface area contributed by atoms with Crippen molar-refractivity contribution in [3.63, 3.8) is 0 Å². The molecule has 4 atom stereocenters. The number of hydrogen-bond donors (Lipinski definition) is 3. The summed E-state index contributed by atoms with van der Waals surface area (Å²) in [5, 5.41) is 3.78. The number of carbonyl (C=O) groups is 1. The van der Waals surface area contributed by atoms with Gasteiger partial charge in [0.1, 0.15) is 0 Å². The number of amides is 1. The molecule has 2 fully saturated rings. The fourth-order valence-electron chi connectivity index (χ4n) is 3.76. The van der Waals surface area contributed by atoms with Crippen LogP contribution >= 0.6 is 27.5 Å². The average molecular weight is 407 g/mol. The van der Waals surface area contributed by atoms with Gasteiger partial charge in [-0.3, -0.25) is 4.79 Å². The number of carbonyl (C=O) groups excluding carboxylic acids is 1. The summed E-state index contributed by atoms with van der Waals surface area (Å²) in [6.45, 7) is 0. The molecule has 124 valence electrons. The summed E-state index contributed by atoms with van der Waals surface area (Å²) in [6.07, 6.45) is 0.413. The second-order valence-corrected chi connectivity index (χ2v) is 7.65. The van der Waals surface area contributed by atoms with E-state index in [1.165, 1.54) is 5.56 Å². The lowest BCUT2D eigenvalue weighted by atomic mass is 9.74. The first-order valence-corrected chi connectivity index (χ1v) is 9.10. The maximum atomic E-state index is 12.1. The number of piperidine rings is 1. The van der Waals surface area contributed by atoms with Gasteiger partial charge in [-0.1, -0.05) is 51.8 Å². The van der Waals surface area contributed by atoms with E-state index in [1.807, 2.05) is 36.4 Å². The van der Waals surface area contributed by atoms with Crippen molar-refractivity contribution in [3.05, 3.63) is 69.2 Å². The van der Waals surface area contributed by atoms with Crippen LogP contribution in [-0.2, 0) is 4.79 Å². The monoisotopic (exact) mass is 405 g/mol. The number of hydrazine groups is 1. The van der Waals surface area contributed by atoms with Crippen LogP contribution in [0.3, 0.4) is 0 Å². The van der Waals surface area contributed by atoms with E-state index in [1.54, 1.807) is 0 Å². The predicted molar refractivity (Wildman–Crippen MR) is 97.4 cm³/mol. The zero-order valence-corrected chi connectivity index (χ0v) is 15.1. The summed E-state index contributed by atoms with van der Waals surface area (Å²) in [5.41, 5.74) is 8.94. The highest BCUT2D eigenvalue weighted by Gasteiger charge is 2.46. The van der Waals surface area contributed by atoms with Gasteiger partial charge in [0.15, 0.2) is 0 Å². The molecule has 6 heteroatoms. The Kier molecular flexibility index (Phi) is 4.35. The molecular formula is C18H17BrClN3O. The molecule has 2 heterocycles. The van der Waals surface area contributed by atoms with Gasteiger partial charge in [0.2, 0.25) is 5.91 Å². The van der Waals surface area contributed by atoms with Gasteiger partial charge in [-0.25, -0.2) is 10.9 Å². The molecule has 2 aromatic carbocycles. The van der Waals surface area contributed by atoms with Gasteiger partial charge in [0, 0.05) is 27.8 Å². The third kappa shape index (κ3) is 2.97. The van der Waals surface area contributed by atoms with Crippen LogP contribution in [0.1, 0.15) is 29.5 Å². The third-order valence-corrected chi connectivity index (χ3v) is 5.66. The van der Waals surface area contributed by atoms with Crippen molar-refractivity contribution in [2.24, 2.45) is 5.92 Å². The molecule has 4 rings (SSSR count). The molecule has 3 N–H and O–H groups in total. The molecule has 2 aliphatic rings. The largest absolute Gasteiger partial charge is 0.339 e. The van der Waals surface area contributed by atoms with Crippen molar-refractivity contribution in [2.75, 3.05) is 0 Å². The lowest BCUT2D eigenvalue weighted by Crippen LogP contribution is -2.52. The summed E-state index contributed by atoms with van der Waals surface area (Å²) in [7, 11) is 0. The standard InChI is InChI=1S/C18H17BrClN3O/c19-12-5-1-10(2-6-12)14-9-15(24)21-18-16(14)17(22-23-18)11-3-7-13(20)8-4-11/h1-8,14,16-18,22-23H,9H2,(H,21,24). The number of benzene rings is 2. The lowest BCUT2D eigenvalue weighted by Gasteiger charge is -2.36. The van der Waals surface area contributed by atoms with Crippen LogP contribution < -0.4 is 16.2 Å². The minimum Gasteiger partial charge on any atom is -0.339 e. The van der Waals surface area contributed by atoms with E-state index in [-0.39, 0.29) is 30.0 Å². The first kappa shape index (κ1) is 16.1. The van der Waals surface area contributed by atoms with Gasteiger partial charge < -0.3 is 5.32 Å². The average Bonchev–Trinajstić information content (AvgIpc) is 2.99. The summed E-state index contributed by atoms with van der Waals surface area (Å²) in [6, 6.07) is 16.3. The van der Waals surface area contributed by atoms with Gasteiger partial charge in [0.05, 0.1) is 12.2 Å². The Hall–Kier alpha value is -1.40. The highest BCUT2D eigenvalue weighted by Crippen LogP contribution is 2.43. The molecule has 1 amide bonds. The zero-order valence-electron chi connectivity index (χ0n) is 12.8. The Morgan fingerprint density at radius 2 is 1.62 bits per heavy atom. The van der Waals surface area contributed by atoms with Gasteiger partial charge in [-0.15, -0.1) is 0 Å². The van der Waals surface area contributed by atoms with Gasteiger partial charge in [-0.05, 0) is 35.4 Å². The Morgan fingerprint density at radius 3 is 2.33 bits per heavy atom. The number of halogens is 2. The normalized spacial score (nSPS) is 29.2. The van der Waals surface area contributed by atoms with Crippen LogP contribution in [0.4, 0.5) is 0 Å². The molecular weight excluding hydrogens is 390 g/mol. The maximum Gasteiger partial charge on any atom is 0.221 e. The molecule has 0 saturated carbocycles. The van der Waals surface area contributed by atoms with Crippen LogP contribution in [0, 0.1) is 5.92 Å². The van der Waals surface area contributed by atoms with Crippen LogP contribution in [0.5, 0.6) is 0 Å². The van der Waals surface area contributed by atoms with E-state index in [0.29, 0.717) is 6.42 Å². The van der Waals surface area contributed by atoms with Crippen molar-refractivity contribution in [3.8, 4) is 0 Å². The fraction of sp³-hybridized carbons (Fsp3) is 0.278. The molecule has 2 aliphatic heterocycles. The van der Waals surface area contributed by atoms with E-state index >= 15 is 0 Å². The van der Waals surface area contributed by atoms with E-state index in [9.17, 15) is 4.79 Å². The molecule has 0 spiro atoms. The fourth-order valence-corrected chi connectivity index (χ4v) is 4.15. The first-order chi connectivity index (χ1) is 11.6. The zero-order chi connectivity index (χ0) is 16.7. The molecule has 0 aromatic heterocycles. The van der Waals surface area contributed by atoms with Crippen LogP contribution in [0.15, 0.2) is 53.0 Å². The Bertz CT molecular complexity index is 750. The topological polar surface area (TPSA) is 53.2 Å². The number of hydrogen-bond acceptors (Lipinski definition) is 3. The molecule has 4 nitrogen and oxygen atoms in total. The molecule has 0 bridgehead atoms. The third-order valence-electron chi connectivity index (χ3n) is 4.88. The van der Waals surface area contributed by atoms with Crippen molar-refractivity contribution in [1.29, 1.82) is 0 Å². The Balaban J connectivity index is 1.70. The predicted octanol–water partition coefficient (Wildman–Crippen LogP) is 3.50. The van der Waals surface area contributed by atoms with Gasteiger partial charge in [-0.2, -0.15) is 0 Å². The minimum absolute atomic E-state index is 0.0789. The van der Waals surface area contributed by atoms with Gasteiger partial charge >= 0.3 is 0 Å². The second kappa shape index (κ2) is 6.48. The number of rotatable bonds is 2. The van der Waals surface area contributed by atoms with Crippen molar-refractivity contribution < 1.29 is 4.79 Å². The smallest absolute Gasteiger partial charge is 0.221 e. The van der Waals surface area contributed by atoms with E-state index in [4.69, 9.17) is 11.6 Å².